The molecule has 6 nitrogen and oxygen atoms in total. The maximum Gasteiger partial charge on any atom is 0.322 e. The number of carboxylic acid groups (broad SMARTS) is 1. The molecule has 0 bridgehead atoms. The predicted molar refractivity (Wildman–Crippen MR) is 135 cm³/mol. The van der Waals surface area contributed by atoms with Crippen LogP contribution in [-0.2, 0) is 32.5 Å². The Bertz CT molecular complexity index is 1350. The Kier molecular flexibility index (Phi) is 7.19. The van der Waals surface area contributed by atoms with Gasteiger partial charge in [0.25, 0.3) is 0 Å². The summed E-state index contributed by atoms with van der Waals surface area (Å²) in [7, 11) is -3.87. The summed E-state index contributed by atoms with van der Waals surface area (Å²) in [6.07, 6.45) is 1.62. The van der Waals surface area contributed by atoms with Gasteiger partial charge in [0.05, 0.1) is 4.90 Å². The molecule has 7 heteroatoms. The molecule has 0 aliphatic carbocycles. The number of benzene rings is 3. The molecule has 0 aromatic heterocycles. The minimum atomic E-state index is -3.87. The maximum atomic E-state index is 12.9. The zero-order valence-electron chi connectivity index (χ0n) is 19.9. The topological polar surface area (TPSA) is 91.8 Å². The Hall–Kier alpha value is -3.29. The number of carboxylic acids is 1. The largest absolute Gasteiger partial charge is 0.480 e. The van der Waals surface area contributed by atoms with Gasteiger partial charge in [0.15, 0.2) is 0 Å². The van der Waals surface area contributed by atoms with E-state index in [9.17, 15) is 23.1 Å². The molecule has 3 aromatic carbocycles. The summed E-state index contributed by atoms with van der Waals surface area (Å²) < 4.78 is 27.0. The fraction of sp³-hybridized carbons (Fsp3) is 0.286. The van der Waals surface area contributed by atoms with Gasteiger partial charge in [-0.25, -0.2) is 8.42 Å². The van der Waals surface area contributed by atoms with Crippen molar-refractivity contribution in [1.82, 2.24) is 4.31 Å². The predicted octanol–water partition coefficient (Wildman–Crippen LogP) is 4.56. The highest BCUT2D eigenvalue weighted by Crippen LogP contribution is 2.28. The standard InChI is InChI=1S/C28H29NO5S/c1-19-5-8-24(20(2)16-19)18-25(30)17-21-6-9-22(10-7-21)23-11-13-26(14-12-23)35(33,34)29-15-3-4-27(29)28(31)32/h5-14,16,27H,3-4,15,17-18H2,1-2H3,(H,31,32)/t27-/m0/s1. The zero-order valence-corrected chi connectivity index (χ0v) is 20.7. The van der Waals surface area contributed by atoms with E-state index in [0.717, 1.165) is 32.1 Å². The summed E-state index contributed by atoms with van der Waals surface area (Å²) in [5, 5.41) is 9.33. The molecular formula is C28H29NO5S. The molecule has 0 amide bonds. The van der Waals surface area contributed by atoms with Gasteiger partial charge < -0.3 is 5.11 Å². The molecule has 35 heavy (non-hydrogen) atoms. The number of aliphatic carboxylic acids is 1. The van der Waals surface area contributed by atoms with Crippen molar-refractivity contribution in [2.75, 3.05) is 6.54 Å². The number of hydrogen-bond donors (Lipinski definition) is 1. The van der Waals surface area contributed by atoms with E-state index < -0.39 is 22.0 Å². The quantitative estimate of drug-likeness (QED) is 0.499. The number of carbonyl (C=O) groups is 2. The van der Waals surface area contributed by atoms with Gasteiger partial charge in [-0.2, -0.15) is 4.31 Å². The van der Waals surface area contributed by atoms with Crippen molar-refractivity contribution < 1.29 is 23.1 Å². The molecule has 0 spiro atoms. The van der Waals surface area contributed by atoms with Gasteiger partial charge in [-0.3, -0.25) is 9.59 Å². The monoisotopic (exact) mass is 491 g/mol. The molecule has 0 radical (unpaired) electrons. The van der Waals surface area contributed by atoms with Crippen LogP contribution in [0.4, 0.5) is 0 Å². The number of ketones is 1. The maximum absolute atomic E-state index is 12.9. The minimum absolute atomic E-state index is 0.0861. The number of hydrogen-bond acceptors (Lipinski definition) is 4. The van der Waals surface area contributed by atoms with Crippen LogP contribution in [-0.4, -0.2) is 42.2 Å². The second-order valence-corrected chi connectivity index (χ2v) is 11.0. The van der Waals surface area contributed by atoms with Crippen LogP contribution >= 0.6 is 0 Å². The lowest BCUT2D eigenvalue weighted by Gasteiger charge is -2.21. The lowest BCUT2D eigenvalue weighted by atomic mass is 9.97. The van der Waals surface area contributed by atoms with E-state index >= 15 is 0 Å². The van der Waals surface area contributed by atoms with Crippen molar-refractivity contribution in [2.24, 2.45) is 0 Å². The summed E-state index contributed by atoms with van der Waals surface area (Å²) in [5.74, 6) is -0.962. The lowest BCUT2D eigenvalue weighted by molar-refractivity contribution is -0.140. The Morgan fingerprint density at radius 1 is 0.914 bits per heavy atom. The van der Waals surface area contributed by atoms with Crippen molar-refractivity contribution in [3.8, 4) is 11.1 Å². The summed E-state index contributed by atoms with van der Waals surface area (Å²) in [4.78, 5) is 24.1. The Balaban J connectivity index is 1.43. The molecule has 4 rings (SSSR count). The van der Waals surface area contributed by atoms with Gasteiger partial charge in [0.2, 0.25) is 10.0 Å². The van der Waals surface area contributed by atoms with Crippen LogP contribution in [0.25, 0.3) is 11.1 Å². The third-order valence-electron chi connectivity index (χ3n) is 6.52. The Labute approximate surface area is 206 Å². The number of carbonyl (C=O) groups excluding carboxylic acids is 1. The van der Waals surface area contributed by atoms with E-state index in [0.29, 0.717) is 25.7 Å². The molecule has 1 heterocycles. The Morgan fingerprint density at radius 2 is 1.54 bits per heavy atom. The first-order valence-corrected chi connectivity index (χ1v) is 13.1. The van der Waals surface area contributed by atoms with Crippen LogP contribution < -0.4 is 0 Å². The molecule has 1 N–H and O–H groups in total. The lowest BCUT2D eigenvalue weighted by Crippen LogP contribution is -2.40. The third-order valence-corrected chi connectivity index (χ3v) is 8.45. The average molecular weight is 492 g/mol. The third kappa shape index (κ3) is 5.52. The number of aryl methyl sites for hydroxylation is 2. The molecule has 3 aromatic rings. The average Bonchev–Trinajstić information content (AvgIpc) is 3.33. The van der Waals surface area contributed by atoms with Gasteiger partial charge in [-0.15, -0.1) is 0 Å². The number of Topliss-reactive ketones (excluding diaryl/α,β-unsaturated/α-hetero) is 1. The van der Waals surface area contributed by atoms with Gasteiger partial charge in [0, 0.05) is 19.4 Å². The van der Waals surface area contributed by atoms with Crippen LogP contribution in [0.1, 0.15) is 35.1 Å². The molecule has 0 saturated carbocycles. The van der Waals surface area contributed by atoms with Crippen LogP contribution in [0.2, 0.25) is 0 Å². The number of sulfonamides is 1. The van der Waals surface area contributed by atoms with Crippen molar-refractivity contribution in [2.45, 2.75) is 50.5 Å². The molecule has 1 saturated heterocycles. The summed E-state index contributed by atoms with van der Waals surface area (Å²) in [5.41, 5.74) is 6.03. The first-order chi connectivity index (χ1) is 16.6. The highest BCUT2D eigenvalue weighted by molar-refractivity contribution is 7.89. The number of nitrogens with zero attached hydrogens (tertiary/aromatic N) is 1. The van der Waals surface area contributed by atoms with E-state index in [1.807, 2.05) is 50.2 Å². The molecule has 1 aliphatic rings. The minimum Gasteiger partial charge on any atom is -0.480 e. The van der Waals surface area contributed by atoms with Crippen LogP contribution in [0.5, 0.6) is 0 Å². The van der Waals surface area contributed by atoms with Crippen LogP contribution in [0, 0.1) is 13.8 Å². The highest BCUT2D eigenvalue weighted by atomic mass is 32.2. The van der Waals surface area contributed by atoms with E-state index in [1.54, 1.807) is 12.1 Å². The van der Waals surface area contributed by atoms with Crippen molar-refractivity contribution in [1.29, 1.82) is 0 Å². The fourth-order valence-electron chi connectivity index (χ4n) is 4.59. The smallest absolute Gasteiger partial charge is 0.322 e. The molecule has 0 unspecified atom stereocenters. The second-order valence-electron chi connectivity index (χ2n) is 9.16. The second kappa shape index (κ2) is 10.1. The molecule has 182 valence electrons. The van der Waals surface area contributed by atoms with E-state index in [2.05, 4.69) is 6.07 Å². The van der Waals surface area contributed by atoms with Gasteiger partial charge in [0.1, 0.15) is 11.8 Å². The highest BCUT2D eigenvalue weighted by Gasteiger charge is 2.39. The van der Waals surface area contributed by atoms with E-state index in [1.165, 1.54) is 17.7 Å². The van der Waals surface area contributed by atoms with Gasteiger partial charge >= 0.3 is 5.97 Å². The zero-order chi connectivity index (χ0) is 25.2. The molecular weight excluding hydrogens is 462 g/mol. The normalized spacial score (nSPS) is 16.3. The first-order valence-electron chi connectivity index (χ1n) is 11.7. The molecule has 1 fully saturated rings. The number of rotatable bonds is 8. The van der Waals surface area contributed by atoms with Gasteiger partial charge in [-0.05, 0) is 66.6 Å². The molecule has 1 atom stereocenters. The molecule has 1 aliphatic heterocycles. The fourth-order valence-corrected chi connectivity index (χ4v) is 6.24. The summed E-state index contributed by atoms with van der Waals surface area (Å²) in [6.45, 7) is 4.27. The van der Waals surface area contributed by atoms with Crippen LogP contribution in [0.3, 0.4) is 0 Å². The van der Waals surface area contributed by atoms with E-state index in [-0.39, 0.29) is 17.2 Å². The summed E-state index contributed by atoms with van der Waals surface area (Å²) >= 11 is 0. The van der Waals surface area contributed by atoms with Crippen LogP contribution in [0.15, 0.2) is 71.6 Å². The summed E-state index contributed by atoms with van der Waals surface area (Å²) in [6, 6.07) is 19.3. The van der Waals surface area contributed by atoms with E-state index in [4.69, 9.17) is 0 Å². The van der Waals surface area contributed by atoms with Gasteiger partial charge in [-0.1, -0.05) is 60.2 Å². The SMILES string of the molecule is Cc1ccc(CC(=O)Cc2ccc(-c3ccc(S(=O)(=O)N4CCC[C@H]4C(=O)O)cc3)cc2)c(C)c1. The Morgan fingerprint density at radius 3 is 2.14 bits per heavy atom. The van der Waals surface area contributed by atoms with Crippen molar-refractivity contribution in [3.05, 3.63) is 89.0 Å². The van der Waals surface area contributed by atoms with Crippen molar-refractivity contribution >= 4 is 21.8 Å². The van der Waals surface area contributed by atoms with Crippen molar-refractivity contribution in [3.63, 3.8) is 0 Å². The first kappa shape index (κ1) is 24.8.